The molecule has 0 aliphatic carbocycles. The van der Waals surface area contributed by atoms with Crippen LogP contribution >= 0.6 is 0 Å². The van der Waals surface area contributed by atoms with E-state index in [9.17, 15) is 5.26 Å². The number of allylic oxidation sites excluding steroid dienone is 1. The zero-order chi connectivity index (χ0) is 22.1. The molecule has 1 aliphatic rings. The Morgan fingerprint density at radius 3 is 2.25 bits per heavy atom. The number of H-pyrrole nitrogens is 1. The third kappa shape index (κ3) is 3.26. The van der Waals surface area contributed by atoms with Gasteiger partial charge in [0.15, 0.2) is 0 Å². The van der Waals surface area contributed by atoms with E-state index in [0.29, 0.717) is 11.5 Å². The molecular weight excluding hydrogens is 400 g/mol. The van der Waals surface area contributed by atoms with Gasteiger partial charge in [0, 0.05) is 5.56 Å². The van der Waals surface area contributed by atoms with Gasteiger partial charge in [0.2, 0.25) is 11.8 Å². The topological polar surface area (TPSA) is 96.9 Å². The first-order valence-electron chi connectivity index (χ1n) is 10.1. The molecule has 0 bridgehead atoms. The van der Waals surface area contributed by atoms with Gasteiger partial charge < -0.3 is 15.2 Å². The van der Waals surface area contributed by atoms with Gasteiger partial charge in [-0.15, -0.1) is 5.10 Å². The smallest absolute Gasteiger partial charge is 0.244 e. The summed E-state index contributed by atoms with van der Waals surface area (Å²) in [6.07, 6.45) is 0. The summed E-state index contributed by atoms with van der Waals surface area (Å²) in [5, 5.41) is 17.3. The van der Waals surface area contributed by atoms with Crippen molar-refractivity contribution in [3.63, 3.8) is 0 Å². The van der Waals surface area contributed by atoms with Crippen molar-refractivity contribution in [2.24, 2.45) is 5.73 Å². The van der Waals surface area contributed by atoms with Crippen LogP contribution < -0.4 is 15.2 Å². The van der Waals surface area contributed by atoms with Gasteiger partial charge in [-0.3, -0.25) is 5.10 Å². The van der Waals surface area contributed by atoms with Crippen LogP contribution in [0.1, 0.15) is 17.0 Å². The molecule has 0 saturated heterocycles. The van der Waals surface area contributed by atoms with E-state index in [1.54, 1.807) is 7.11 Å². The summed E-state index contributed by atoms with van der Waals surface area (Å²) in [5.74, 6) is 0.778. The van der Waals surface area contributed by atoms with Gasteiger partial charge in [0.05, 0.1) is 24.3 Å². The molecule has 0 fully saturated rings. The van der Waals surface area contributed by atoms with Gasteiger partial charge in [-0.05, 0) is 28.8 Å². The van der Waals surface area contributed by atoms with Crippen molar-refractivity contribution in [2.75, 3.05) is 7.11 Å². The summed E-state index contributed by atoms with van der Waals surface area (Å²) in [4.78, 5) is 0. The Hall–Kier alpha value is -4.50. The molecule has 2 heterocycles. The lowest BCUT2D eigenvalue weighted by molar-refractivity contribution is 0.379. The molecule has 1 aliphatic heterocycles. The number of ether oxygens (including phenoxy) is 2. The molecule has 4 aromatic rings. The fraction of sp³-hybridized carbons (Fsp3) is 0.0769. The first-order chi connectivity index (χ1) is 15.7. The van der Waals surface area contributed by atoms with Gasteiger partial charge >= 0.3 is 0 Å². The summed E-state index contributed by atoms with van der Waals surface area (Å²) in [6.45, 7) is 0. The number of nitrogens with one attached hydrogen (secondary N) is 1. The molecular formula is C26H20N4O2. The van der Waals surface area contributed by atoms with E-state index in [-0.39, 0.29) is 5.88 Å². The highest BCUT2D eigenvalue weighted by molar-refractivity contribution is 5.74. The minimum atomic E-state index is -0.405. The number of methoxy groups -OCH3 is 1. The molecule has 0 spiro atoms. The number of benzene rings is 3. The fourth-order valence-corrected chi connectivity index (χ4v) is 4.05. The Morgan fingerprint density at radius 2 is 1.59 bits per heavy atom. The third-order valence-corrected chi connectivity index (χ3v) is 5.67. The number of aromatic nitrogens is 2. The summed E-state index contributed by atoms with van der Waals surface area (Å²) >= 11 is 0. The number of nitrogens with two attached hydrogens (primary N) is 1. The van der Waals surface area contributed by atoms with Crippen LogP contribution in [0, 0.1) is 11.3 Å². The normalized spacial score (nSPS) is 14.9. The maximum Gasteiger partial charge on any atom is 0.244 e. The van der Waals surface area contributed by atoms with Crippen molar-refractivity contribution >= 4 is 0 Å². The van der Waals surface area contributed by atoms with Crippen molar-refractivity contribution in [1.82, 2.24) is 10.2 Å². The van der Waals surface area contributed by atoms with Crippen LogP contribution in [0.15, 0.2) is 90.3 Å². The predicted octanol–water partition coefficient (Wildman–Crippen LogP) is 4.97. The standard InChI is InChI=1S/C26H20N4O2/c1-31-20-13-11-18(12-14-20)22-21(15-27)25(28)32-26-23(22)24(29-30-26)19-9-7-17(8-10-19)16-5-3-2-4-6-16/h2-14,22H,28H2,1H3,(H,29,30)/t22-/m1/s1. The van der Waals surface area contributed by atoms with Gasteiger partial charge in [-0.25, -0.2) is 0 Å². The highest BCUT2D eigenvalue weighted by atomic mass is 16.5. The van der Waals surface area contributed by atoms with Gasteiger partial charge in [-0.2, -0.15) is 5.26 Å². The Balaban J connectivity index is 1.60. The lowest BCUT2D eigenvalue weighted by Crippen LogP contribution is -2.20. The Kier molecular flexibility index (Phi) is 4.85. The lowest BCUT2D eigenvalue weighted by Gasteiger charge is -2.24. The average molecular weight is 420 g/mol. The molecule has 6 heteroatoms. The van der Waals surface area contributed by atoms with Crippen LogP contribution in [-0.4, -0.2) is 17.3 Å². The molecule has 3 aromatic carbocycles. The third-order valence-electron chi connectivity index (χ3n) is 5.67. The Labute approximate surface area is 185 Å². The number of nitriles is 1. The molecule has 0 unspecified atom stereocenters. The van der Waals surface area contributed by atoms with E-state index in [2.05, 4.69) is 40.5 Å². The molecule has 0 radical (unpaired) electrons. The van der Waals surface area contributed by atoms with E-state index in [1.807, 2.05) is 54.6 Å². The second-order valence-corrected chi connectivity index (χ2v) is 7.46. The number of rotatable bonds is 4. The van der Waals surface area contributed by atoms with Crippen molar-refractivity contribution < 1.29 is 9.47 Å². The average Bonchev–Trinajstić information content (AvgIpc) is 3.27. The first-order valence-corrected chi connectivity index (χ1v) is 10.1. The van der Waals surface area contributed by atoms with Crippen LogP contribution in [0.3, 0.4) is 0 Å². The van der Waals surface area contributed by atoms with Gasteiger partial charge in [-0.1, -0.05) is 66.7 Å². The number of hydrogen-bond acceptors (Lipinski definition) is 5. The maximum absolute atomic E-state index is 9.86. The quantitative estimate of drug-likeness (QED) is 0.486. The maximum atomic E-state index is 9.86. The molecule has 6 nitrogen and oxygen atoms in total. The van der Waals surface area contributed by atoms with Crippen LogP contribution in [-0.2, 0) is 0 Å². The SMILES string of the molecule is COc1ccc([C@@H]2C(C#N)=C(N)Oc3n[nH]c(-c4ccc(-c5ccccc5)cc4)c32)cc1. The highest BCUT2D eigenvalue weighted by Gasteiger charge is 2.35. The lowest BCUT2D eigenvalue weighted by atomic mass is 9.83. The van der Waals surface area contributed by atoms with Crippen LogP contribution in [0.2, 0.25) is 0 Å². The van der Waals surface area contributed by atoms with Crippen LogP contribution in [0.4, 0.5) is 0 Å². The molecule has 156 valence electrons. The predicted molar refractivity (Wildman–Crippen MR) is 122 cm³/mol. The fourth-order valence-electron chi connectivity index (χ4n) is 4.05. The number of fused-ring (bicyclic) bond motifs is 1. The zero-order valence-electron chi connectivity index (χ0n) is 17.4. The Bertz CT molecular complexity index is 1330. The monoisotopic (exact) mass is 420 g/mol. The van der Waals surface area contributed by atoms with Crippen molar-refractivity contribution in [3.05, 3.63) is 101 Å². The zero-order valence-corrected chi connectivity index (χ0v) is 17.4. The number of hydrogen-bond donors (Lipinski definition) is 2. The minimum absolute atomic E-state index is 0.0679. The van der Waals surface area contributed by atoms with E-state index in [4.69, 9.17) is 15.2 Å². The molecule has 0 amide bonds. The van der Waals surface area contributed by atoms with E-state index in [1.165, 1.54) is 0 Å². The van der Waals surface area contributed by atoms with E-state index >= 15 is 0 Å². The first kappa shape index (κ1) is 19.5. The van der Waals surface area contributed by atoms with E-state index in [0.717, 1.165) is 39.3 Å². The number of nitrogens with zero attached hydrogens (tertiary/aromatic N) is 2. The van der Waals surface area contributed by atoms with E-state index < -0.39 is 5.92 Å². The molecule has 3 N–H and O–H groups in total. The molecule has 1 aromatic heterocycles. The summed E-state index contributed by atoms with van der Waals surface area (Å²) in [7, 11) is 1.62. The van der Waals surface area contributed by atoms with Crippen LogP contribution in [0.25, 0.3) is 22.4 Å². The highest BCUT2D eigenvalue weighted by Crippen LogP contribution is 2.45. The molecule has 0 saturated carbocycles. The Morgan fingerprint density at radius 1 is 0.938 bits per heavy atom. The second kappa shape index (κ2) is 7.97. The molecule has 1 atom stereocenters. The summed E-state index contributed by atoms with van der Waals surface area (Å²) < 4.78 is 11.0. The molecule has 5 rings (SSSR count). The largest absolute Gasteiger partial charge is 0.497 e. The van der Waals surface area contributed by atoms with Crippen molar-refractivity contribution in [1.29, 1.82) is 5.26 Å². The van der Waals surface area contributed by atoms with Crippen molar-refractivity contribution in [2.45, 2.75) is 5.92 Å². The second-order valence-electron chi connectivity index (χ2n) is 7.46. The van der Waals surface area contributed by atoms with Crippen LogP contribution in [0.5, 0.6) is 11.6 Å². The summed E-state index contributed by atoms with van der Waals surface area (Å²) in [6, 6.07) is 28.2. The minimum Gasteiger partial charge on any atom is -0.497 e. The number of aromatic amines is 1. The van der Waals surface area contributed by atoms with Gasteiger partial charge in [0.1, 0.15) is 17.4 Å². The summed E-state index contributed by atoms with van der Waals surface area (Å²) in [5.41, 5.74) is 12.1. The van der Waals surface area contributed by atoms with Crippen molar-refractivity contribution in [3.8, 4) is 40.1 Å². The van der Waals surface area contributed by atoms with Gasteiger partial charge in [0.25, 0.3) is 0 Å². The molecule has 32 heavy (non-hydrogen) atoms.